The molecule has 0 amide bonds. The standard InChI is InChI=1S/C14H10BF3NSe/c16-15(17,18)13-5-7-14(8-6-13)20-10-12-3-1-11(9-19)2-4-12/h1-8H,10H2/q-1. The maximum atomic E-state index is 12.5. The van der Waals surface area contributed by atoms with Gasteiger partial charge in [-0.05, 0) is 0 Å². The van der Waals surface area contributed by atoms with Gasteiger partial charge in [-0.15, -0.1) is 0 Å². The van der Waals surface area contributed by atoms with E-state index >= 15 is 0 Å². The zero-order valence-electron chi connectivity index (χ0n) is 10.4. The summed E-state index contributed by atoms with van der Waals surface area (Å²) in [6, 6.07) is 14.7. The van der Waals surface area contributed by atoms with Gasteiger partial charge in [-0.2, -0.15) is 0 Å². The van der Waals surface area contributed by atoms with Crippen LogP contribution in [0, 0.1) is 11.3 Å². The topological polar surface area (TPSA) is 23.8 Å². The number of benzene rings is 2. The second-order valence-electron chi connectivity index (χ2n) is 4.24. The van der Waals surface area contributed by atoms with Gasteiger partial charge in [0.15, 0.2) is 0 Å². The number of hydrogen-bond acceptors (Lipinski definition) is 1. The van der Waals surface area contributed by atoms with Crippen LogP contribution in [0.25, 0.3) is 0 Å². The van der Waals surface area contributed by atoms with Gasteiger partial charge in [-0.25, -0.2) is 0 Å². The molecule has 0 aromatic heterocycles. The Bertz CT molecular complexity index is 615. The van der Waals surface area contributed by atoms with Crippen LogP contribution in [0.15, 0.2) is 48.5 Å². The number of rotatable bonds is 4. The summed E-state index contributed by atoms with van der Waals surface area (Å²) in [7, 11) is 0. The SMILES string of the molecule is N#Cc1ccc(C[Se]c2ccc([B-](F)(F)F)cc2)cc1. The van der Waals surface area contributed by atoms with E-state index in [-0.39, 0.29) is 15.0 Å². The molecule has 0 saturated carbocycles. The Morgan fingerprint density at radius 2 is 1.55 bits per heavy atom. The van der Waals surface area contributed by atoms with Crippen molar-refractivity contribution in [2.24, 2.45) is 0 Å². The third-order valence-corrected chi connectivity index (χ3v) is 5.02. The summed E-state index contributed by atoms with van der Waals surface area (Å²) in [6.07, 6.45) is 0. The first-order valence-corrected chi connectivity index (χ1v) is 7.97. The van der Waals surface area contributed by atoms with Crippen LogP contribution < -0.4 is 9.92 Å². The monoisotopic (exact) mass is 340 g/mol. The third kappa shape index (κ3) is 3.90. The van der Waals surface area contributed by atoms with Gasteiger partial charge in [0.25, 0.3) is 0 Å². The van der Waals surface area contributed by atoms with E-state index in [1.807, 2.05) is 18.2 Å². The van der Waals surface area contributed by atoms with Crippen LogP contribution in [-0.2, 0) is 5.32 Å². The van der Waals surface area contributed by atoms with E-state index in [4.69, 9.17) is 5.26 Å². The average molecular weight is 339 g/mol. The van der Waals surface area contributed by atoms with Gasteiger partial charge in [-0.3, -0.25) is 0 Å². The van der Waals surface area contributed by atoms with Gasteiger partial charge in [0.2, 0.25) is 0 Å². The predicted octanol–water partition coefficient (Wildman–Crippen LogP) is 2.14. The molecular formula is C14H10BF3NSe-. The van der Waals surface area contributed by atoms with Crippen molar-refractivity contribution in [1.82, 2.24) is 0 Å². The van der Waals surface area contributed by atoms with E-state index in [0.717, 1.165) is 27.5 Å². The normalized spacial score (nSPS) is 11.1. The quantitative estimate of drug-likeness (QED) is 0.784. The van der Waals surface area contributed by atoms with E-state index in [1.165, 1.54) is 0 Å². The molecular weight excluding hydrogens is 329 g/mol. The summed E-state index contributed by atoms with van der Waals surface area (Å²) in [5.74, 6) is 0. The molecule has 0 radical (unpaired) electrons. The summed E-state index contributed by atoms with van der Waals surface area (Å²) in [5.41, 5.74) is 1.15. The molecule has 102 valence electrons. The molecule has 0 heterocycles. The summed E-state index contributed by atoms with van der Waals surface area (Å²) in [6.45, 7) is -4.91. The number of nitriles is 1. The van der Waals surface area contributed by atoms with Crippen LogP contribution in [0.5, 0.6) is 0 Å². The zero-order chi connectivity index (χ0) is 14.6. The molecule has 1 nitrogen and oxygen atoms in total. The van der Waals surface area contributed by atoms with E-state index in [9.17, 15) is 12.9 Å². The molecule has 0 aliphatic carbocycles. The Balaban J connectivity index is 1.98. The molecule has 0 fully saturated rings. The summed E-state index contributed by atoms with van der Waals surface area (Å²) < 4.78 is 38.4. The van der Waals surface area contributed by atoms with Gasteiger partial charge < -0.3 is 0 Å². The molecule has 0 saturated heterocycles. The maximum absolute atomic E-state index is 12.5. The third-order valence-electron chi connectivity index (χ3n) is 2.75. The van der Waals surface area contributed by atoms with E-state index < -0.39 is 12.4 Å². The van der Waals surface area contributed by atoms with E-state index in [0.29, 0.717) is 5.56 Å². The van der Waals surface area contributed by atoms with Gasteiger partial charge in [0.05, 0.1) is 0 Å². The Morgan fingerprint density at radius 3 is 2.05 bits per heavy atom. The summed E-state index contributed by atoms with van der Waals surface area (Å²) >= 11 is 0.0886. The molecule has 0 atom stereocenters. The molecule has 2 rings (SSSR count). The Kier molecular flexibility index (Phi) is 4.54. The molecule has 20 heavy (non-hydrogen) atoms. The molecule has 0 aliphatic rings. The van der Waals surface area contributed by atoms with Crippen molar-refractivity contribution in [2.75, 3.05) is 0 Å². The van der Waals surface area contributed by atoms with Gasteiger partial charge in [0.1, 0.15) is 0 Å². The van der Waals surface area contributed by atoms with Crippen LogP contribution >= 0.6 is 0 Å². The van der Waals surface area contributed by atoms with Crippen molar-refractivity contribution < 1.29 is 12.9 Å². The molecule has 0 bridgehead atoms. The minimum atomic E-state index is -4.91. The van der Waals surface area contributed by atoms with Crippen molar-refractivity contribution in [1.29, 1.82) is 5.26 Å². The second-order valence-corrected chi connectivity index (χ2v) is 6.44. The van der Waals surface area contributed by atoms with Crippen LogP contribution in [0.3, 0.4) is 0 Å². The second kappa shape index (κ2) is 6.17. The van der Waals surface area contributed by atoms with Crippen molar-refractivity contribution in [3.8, 4) is 6.07 Å². The fraction of sp³-hybridized carbons (Fsp3) is 0.0714. The van der Waals surface area contributed by atoms with Crippen LogP contribution in [-0.4, -0.2) is 21.9 Å². The number of nitrogens with zero attached hydrogens (tertiary/aromatic N) is 1. The summed E-state index contributed by atoms with van der Waals surface area (Å²) in [4.78, 5) is 0. The van der Waals surface area contributed by atoms with Gasteiger partial charge >= 0.3 is 121 Å². The van der Waals surface area contributed by atoms with Crippen molar-refractivity contribution in [3.63, 3.8) is 0 Å². The molecule has 0 spiro atoms. The zero-order valence-corrected chi connectivity index (χ0v) is 12.1. The Hall–Kier alpha value is -1.70. The molecule has 0 aliphatic heterocycles. The molecule has 2 aromatic rings. The van der Waals surface area contributed by atoms with Crippen molar-refractivity contribution in [3.05, 3.63) is 59.7 Å². The predicted molar refractivity (Wildman–Crippen MR) is 75.4 cm³/mol. The first-order chi connectivity index (χ1) is 9.49. The van der Waals surface area contributed by atoms with E-state index in [1.54, 1.807) is 24.3 Å². The first kappa shape index (κ1) is 14.7. The fourth-order valence-corrected chi connectivity index (χ4v) is 3.42. The average Bonchev–Trinajstić information content (AvgIpc) is 2.45. The molecule has 0 unspecified atom stereocenters. The molecule has 0 N–H and O–H groups in total. The Morgan fingerprint density at radius 1 is 0.950 bits per heavy atom. The van der Waals surface area contributed by atoms with Crippen LogP contribution in [0.2, 0.25) is 0 Å². The van der Waals surface area contributed by atoms with Crippen LogP contribution in [0.1, 0.15) is 11.1 Å². The Labute approximate surface area is 121 Å². The number of halogens is 3. The molecule has 6 heteroatoms. The molecule has 2 aromatic carbocycles. The first-order valence-electron chi connectivity index (χ1n) is 5.91. The van der Waals surface area contributed by atoms with Crippen molar-refractivity contribution in [2.45, 2.75) is 5.32 Å². The number of hydrogen-bond donors (Lipinski definition) is 0. The van der Waals surface area contributed by atoms with Crippen LogP contribution in [0.4, 0.5) is 12.9 Å². The minimum absolute atomic E-state index is 0.0886. The van der Waals surface area contributed by atoms with Gasteiger partial charge in [-0.1, -0.05) is 0 Å². The summed E-state index contributed by atoms with van der Waals surface area (Å²) in [5, 5.41) is 9.49. The fourth-order valence-electron chi connectivity index (χ4n) is 1.62. The van der Waals surface area contributed by atoms with E-state index in [2.05, 4.69) is 0 Å². The van der Waals surface area contributed by atoms with Crippen molar-refractivity contribution >= 4 is 31.9 Å². The van der Waals surface area contributed by atoms with Gasteiger partial charge in [0, 0.05) is 0 Å².